The Labute approximate surface area is 278 Å². The molecule has 15 heteroatoms. The molecule has 12 nitrogen and oxygen atoms in total. The number of rotatable bonds is 30. The van der Waals surface area contributed by atoms with Crippen molar-refractivity contribution < 1.29 is 37.1 Å². The molecule has 0 heterocycles. The van der Waals surface area contributed by atoms with Crippen LogP contribution < -0.4 is 22.1 Å². The van der Waals surface area contributed by atoms with Crippen molar-refractivity contribution in [3.05, 3.63) is 0 Å². The third-order valence-corrected chi connectivity index (χ3v) is 17.2. The van der Waals surface area contributed by atoms with E-state index >= 15 is 0 Å². The smallest absolute Gasteiger partial charge is 0.322 e. The van der Waals surface area contributed by atoms with Crippen molar-refractivity contribution in [2.75, 3.05) is 59.3 Å². The van der Waals surface area contributed by atoms with E-state index in [-0.39, 0.29) is 24.2 Å². The second-order valence-corrected chi connectivity index (χ2v) is 25.8. The molecule has 0 amide bonds. The summed E-state index contributed by atoms with van der Waals surface area (Å²) >= 11 is 0. The molecule has 0 saturated carbocycles. The lowest BCUT2D eigenvalue weighted by Crippen LogP contribution is -2.53. The van der Waals surface area contributed by atoms with Crippen molar-refractivity contribution in [2.45, 2.75) is 135 Å². The zero-order valence-corrected chi connectivity index (χ0v) is 33.4. The van der Waals surface area contributed by atoms with Crippen LogP contribution in [0.3, 0.4) is 0 Å². The number of nitrogens with two attached hydrogens (primary N) is 2. The molecule has 0 spiro atoms. The maximum Gasteiger partial charge on any atom is 0.322 e. The van der Waals surface area contributed by atoms with Gasteiger partial charge < -0.3 is 59.2 Å². The van der Waals surface area contributed by atoms with E-state index in [0.717, 1.165) is 31.7 Å². The van der Waals surface area contributed by atoms with Crippen LogP contribution in [0.5, 0.6) is 0 Å². The van der Waals surface area contributed by atoms with Crippen LogP contribution >= 0.6 is 0 Å². The molecule has 0 aliphatic rings. The minimum Gasteiger partial charge on any atom is -0.436 e. The number of aliphatic hydroxyl groups excluding tert-OH is 2. The Kier molecular flexibility index (Phi) is 24.4. The topological polar surface area (TPSA) is 172 Å². The number of nitrogens with one attached hydrogen (secondary N) is 2. The van der Waals surface area contributed by atoms with Crippen molar-refractivity contribution in [3.8, 4) is 0 Å². The van der Waals surface area contributed by atoms with Crippen LogP contribution in [-0.4, -0.2) is 131 Å². The maximum absolute atomic E-state index is 10.3. The predicted molar refractivity (Wildman–Crippen MR) is 191 cm³/mol. The second kappa shape index (κ2) is 24.3. The molecule has 0 aliphatic carbocycles. The second-order valence-electron chi connectivity index (χ2n) is 14.2. The predicted octanol–water partition coefficient (Wildman–Crippen LogP) is 2.63. The van der Waals surface area contributed by atoms with E-state index in [1.807, 2.05) is 27.7 Å². The molecule has 0 saturated heterocycles. The summed E-state index contributed by atoms with van der Waals surface area (Å²) in [5, 5.41) is 27.1. The van der Waals surface area contributed by atoms with Gasteiger partial charge in [-0.3, -0.25) is 0 Å². The molecular formula is C30H72N4O8Si3. The van der Waals surface area contributed by atoms with Gasteiger partial charge in [-0.2, -0.15) is 0 Å². The Morgan fingerprint density at radius 2 is 1.13 bits per heavy atom. The number of hydrogen-bond donors (Lipinski definition) is 6. The van der Waals surface area contributed by atoms with Gasteiger partial charge >= 0.3 is 17.1 Å². The SMILES string of the molecule is CC(N)COCC(C)NCC(O)CCCCO[Si](C)(C)O[Si](C)(C)O[Si](C)(C)CCCOCC(O)CNC(C)COCC(C)N. The molecule has 8 N–H and O–H groups in total. The van der Waals surface area contributed by atoms with Gasteiger partial charge in [0, 0.05) is 50.5 Å². The van der Waals surface area contributed by atoms with Gasteiger partial charge in [-0.05, 0) is 98.7 Å². The number of unbranched alkanes of at least 4 members (excludes halogenated alkanes) is 1. The van der Waals surface area contributed by atoms with E-state index in [1.165, 1.54) is 0 Å². The van der Waals surface area contributed by atoms with Crippen LogP contribution in [0.2, 0.25) is 45.3 Å². The lowest BCUT2D eigenvalue weighted by Gasteiger charge is -2.38. The molecule has 0 aromatic rings. The monoisotopic (exact) mass is 700 g/mol. The third-order valence-electron chi connectivity index (χ3n) is 6.67. The van der Waals surface area contributed by atoms with Crippen LogP contribution in [-0.2, 0) is 26.9 Å². The first-order valence-electron chi connectivity index (χ1n) is 16.9. The van der Waals surface area contributed by atoms with Crippen LogP contribution in [0.4, 0.5) is 0 Å². The number of hydrogen-bond acceptors (Lipinski definition) is 12. The maximum atomic E-state index is 10.3. The van der Waals surface area contributed by atoms with Crippen LogP contribution in [0, 0.1) is 0 Å². The molecule has 0 bridgehead atoms. The zero-order valence-electron chi connectivity index (χ0n) is 30.4. The highest BCUT2D eigenvalue weighted by Crippen LogP contribution is 2.24. The van der Waals surface area contributed by atoms with Gasteiger partial charge in [0.1, 0.15) is 0 Å². The van der Waals surface area contributed by atoms with Crippen molar-refractivity contribution >= 4 is 25.4 Å². The van der Waals surface area contributed by atoms with Crippen molar-refractivity contribution in [3.63, 3.8) is 0 Å². The minimum atomic E-state index is -2.40. The van der Waals surface area contributed by atoms with Crippen molar-refractivity contribution in [2.24, 2.45) is 11.5 Å². The van der Waals surface area contributed by atoms with Crippen molar-refractivity contribution in [1.82, 2.24) is 10.6 Å². The van der Waals surface area contributed by atoms with E-state index in [4.69, 9.17) is 38.3 Å². The minimum absolute atomic E-state index is 0.0204. The molecule has 0 aliphatic heterocycles. The average Bonchev–Trinajstić information content (AvgIpc) is 2.88. The van der Waals surface area contributed by atoms with E-state index in [1.54, 1.807) is 0 Å². The molecule has 6 unspecified atom stereocenters. The fraction of sp³-hybridized carbons (Fsp3) is 1.00. The first kappa shape index (κ1) is 45.2. The van der Waals surface area contributed by atoms with Gasteiger partial charge in [-0.15, -0.1) is 0 Å². The number of ether oxygens (including phenoxy) is 3. The third kappa shape index (κ3) is 28.9. The van der Waals surface area contributed by atoms with Gasteiger partial charge in [0.25, 0.3) is 0 Å². The fourth-order valence-corrected chi connectivity index (χ4v) is 17.7. The molecule has 0 fully saturated rings. The van der Waals surface area contributed by atoms with Gasteiger partial charge in [0.15, 0.2) is 8.32 Å². The van der Waals surface area contributed by atoms with Gasteiger partial charge in [0.2, 0.25) is 0 Å². The molecule has 0 aromatic heterocycles. The molecule has 0 aromatic carbocycles. The van der Waals surface area contributed by atoms with Crippen molar-refractivity contribution in [1.29, 1.82) is 0 Å². The molecule has 45 heavy (non-hydrogen) atoms. The van der Waals surface area contributed by atoms with E-state index in [0.29, 0.717) is 59.3 Å². The quantitative estimate of drug-likeness (QED) is 0.0479. The van der Waals surface area contributed by atoms with E-state index in [9.17, 15) is 10.2 Å². The molecule has 0 rings (SSSR count). The molecule has 0 radical (unpaired) electrons. The summed E-state index contributed by atoms with van der Waals surface area (Å²) in [6.45, 7) is 25.4. The Morgan fingerprint density at radius 1 is 0.600 bits per heavy atom. The van der Waals surface area contributed by atoms with Gasteiger partial charge in [-0.1, -0.05) is 0 Å². The van der Waals surface area contributed by atoms with Crippen LogP contribution in [0.1, 0.15) is 53.4 Å². The van der Waals surface area contributed by atoms with E-state index < -0.39 is 37.6 Å². The normalized spacial score (nSPS) is 17.2. The fourth-order valence-electron chi connectivity index (χ4n) is 4.79. The average molecular weight is 701 g/mol. The summed E-state index contributed by atoms with van der Waals surface area (Å²) in [7, 11) is -6.73. The molecular weight excluding hydrogens is 629 g/mol. The lowest BCUT2D eigenvalue weighted by molar-refractivity contribution is 0.0328. The Bertz CT molecular complexity index is 671. The zero-order chi connectivity index (χ0) is 34.5. The van der Waals surface area contributed by atoms with Gasteiger partial charge in [-0.25, -0.2) is 0 Å². The summed E-state index contributed by atoms with van der Waals surface area (Å²) in [6, 6.07) is 1.30. The summed E-state index contributed by atoms with van der Waals surface area (Å²) in [6.07, 6.45) is 2.40. The highest BCUT2D eigenvalue weighted by atomic mass is 28.5. The molecule has 6 atom stereocenters. The van der Waals surface area contributed by atoms with Gasteiger partial charge in [0.05, 0.1) is 45.2 Å². The number of aliphatic hydroxyl groups is 2. The van der Waals surface area contributed by atoms with E-state index in [2.05, 4.69) is 49.9 Å². The highest BCUT2D eigenvalue weighted by Gasteiger charge is 2.40. The van der Waals surface area contributed by atoms with Crippen LogP contribution in [0.15, 0.2) is 0 Å². The van der Waals surface area contributed by atoms with Crippen LogP contribution in [0.25, 0.3) is 0 Å². The summed E-state index contributed by atoms with van der Waals surface area (Å²) < 4.78 is 36.2. The lowest BCUT2D eigenvalue weighted by atomic mass is 10.1. The summed E-state index contributed by atoms with van der Waals surface area (Å²) in [5.74, 6) is 0. The first-order valence-corrected chi connectivity index (χ1v) is 25.7. The molecule has 272 valence electrons. The highest BCUT2D eigenvalue weighted by molar-refractivity contribution is 6.86. The summed E-state index contributed by atoms with van der Waals surface area (Å²) in [5.41, 5.74) is 11.4. The Balaban J connectivity index is 4.15. The first-order chi connectivity index (χ1) is 20.8. The largest absolute Gasteiger partial charge is 0.436 e. The Hall–Kier alpha value is 0.171. The Morgan fingerprint density at radius 3 is 1.67 bits per heavy atom. The standard InChI is InChI=1S/C30H72N4O8Si3/c1-25(31)20-38-22-27(3)33-18-29(35)14-11-12-16-40-44(7,8)42-45(9,10)41-43(5,6)17-13-15-37-24-30(36)19-34-28(4)23-39-21-26(2)32/h25-30,33-36H,11-24,31-32H2,1-10H3. The summed E-state index contributed by atoms with van der Waals surface area (Å²) in [4.78, 5) is 0.